The second-order valence-corrected chi connectivity index (χ2v) is 8.15. The van der Waals surface area contributed by atoms with E-state index in [4.69, 9.17) is 9.47 Å². The van der Waals surface area contributed by atoms with E-state index >= 15 is 0 Å². The van der Waals surface area contributed by atoms with Crippen molar-refractivity contribution < 1.29 is 32.4 Å². The molecule has 0 aliphatic rings. The average molecular weight is 566 g/mol. The van der Waals surface area contributed by atoms with Crippen LogP contribution in [0.1, 0.15) is 21.9 Å². The van der Waals surface area contributed by atoms with E-state index < -0.39 is 34.1 Å². The lowest BCUT2D eigenvalue weighted by molar-refractivity contribution is -0.384. The van der Waals surface area contributed by atoms with Gasteiger partial charge in [0.05, 0.1) is 28.3 Å². The molecular weight excluding hydrogens is 551 g/mol. The molecule has 4 aromatic rings. The molecule has 0 unspecified atom stereocenters. The van der Waals surface area contributed by atoms with E-state index in [0.29, 0.717) is 10.3 Å². The lowest BCUT2D eigenvalue weighted by Crippen LogP contribution is -2.16. The molecule has 0 saturated heterocycles. The molecule has 0 atom stereocenters. The first kappa shape index (κ1) is 24.9. The molecule has 186 valence electrons. The van der Waals surface area contributed by atoms with E-state index in [9.17, 15) is 28.1 Å². The van der Waals surface area contributed by atoms with Gasteiger partial charge in [-0.15, -0.1) is 0 Å². The number of carbonyl (C=O) groups excluding carboxylic acids is 1. The van der Waals surface area contributed by atoms with E-state index in [1.165, 1.54) is 20.1 Å². The van der Waals surface area contributed by atoms with E-state index in [2.05, 4.69) is 31.3 Å². The van der Waals surface area contributed by atoms with Gasteiger partial charge < -0.3 is 14.8 Å². The van der Waals surface area contributed by atoms with E-state index in [-0.39, 0.29) is 33.0 Å². The number of nitrogens with zero attached hydrogens (tertiary/aromatic N) is 4. The van der Waals surface area contributed by atoms with E-state index in [1.54, 1.807) is 24.3 Å². The molecule has 4 rings (SSSR count). The highest BCUT2D eigenvalue weighted by atomic mass is 79.9. The summed E-state index contributed by atoms with van der Waals surface area (Å²) in [4.78, 5) is 27.7. The Morgan fingerprint density at radius 1 is 1.17 bits per heavy atom. The first-order valence-electron chi connectivity index (χ1n) is 10.0. The van der Waals surface area contributed by atoms with Gasteiger partial charge in [0.15, 0.2) is 22.8 Å². The fourth-order valence-corrected chi connectivity index (χ4v) is 3.82. The summed E-state index contributed by atoms with van der Waals surface area (Å²) in [5.41, 5.74) is -2.12. The minimum atomic E-state index is -4.75. The molecule has 14 heteroatoms. The molecule has 2 heterocycles. The number of hydrogen-bond acceptors (Lipinski definition) is 7. The zero-order valence-corrected chi connectivity index (χ0v) is 20.0. The van der Waals surface area contributed by atoms with Crippen molar-refractivity contribution in [3.63, 3.8) is 0 Å². The van der Waals surface area contributed by atoms with Crippen molar-refractivity contribution in [2.75, 3.05) is 12.4 Å². The van der Waals surface area contributed by atoms with Gasteiger partial charge in [0.2, 0.25) is 0 Å². The van der Waals surface area contributed by atoms with Crippen LogP contribution < -0.4 is 14.8 Å². The maximum Gasteiger partial charge on any atom is 0.433 e. The van der Waals surface area contributed by atoms with Gasteiger partial charge in [0.1, 0.15) is 11.4 Å². The molecule has 36 heavy (non-hydrogen) atoms. The van der Waals surface area contributed by atoms with Crippen LogP contribution in [0.2, 0.25) is 0 Å². The van der Waals surface area contributed by atoms with Crippen LogP contribution in [0.5, 0.6) is 17.2 Å². The summed E-state index contributed by atoms with van der Waals surface area (Å²) in [5.74, 6) is -0.287. The Balaban J connectivity index is 1.71. The summed E-state index contributed by atoms with van der Waals surface area (Å²) in [5, 5.41) is 17.6. The summed E-state index contributed by atoms with van der Waals surface area (Å²) in [7, 11) is 1.43. The minimum Gasteiger partial charge on any atom is -0.493 e. The fraction of sp³-hybridized carbons (Fsp3) is 0.136. The number of fused-ring (bicyclic) bond motifs is 1. The highest BCUT2D eigenvalue weighted by Gasteiger charge is 2.36. The van der Waals surface area contributed by atoms with Gasteiger partial charge >= 0.3 is 6.18 Å². The van der Waals surface area contributed by atoms with Gasteiger partial charge in [-0.3, -0.25) is 14.9 Å². The largest absolute Gasteiger partial charge is 0.493 e. The Kier molecular flexibility index (Phi) is 6.54. The van der Waals surface area contributed by atoms with Crippen LogP contribution in [0.3, 0.4) is 0 Å². The Labute approximate surface area is 208 Å². The molecule has 0 fully saturated rings. The smallest absolute Gasteiger partial charge is 0.433 e. The Bertz CT molecular complexity index is 1510. The summed E-state index contributed by atoms with van der Waals surface area (Å²) >= 11 is 3.09. The van der Waals surface area contributed by atoms with Crippen molar-refractivity contribution in [2.45, 2.75) is 13.1 Å². The molecule has 0 spiro atoms. The predicted molar refractivity (Wildman–Crippen MR) is 125 cm³/mol. The van der Waals surface area contributed by atoms with Crippen LogP contribution >= 0.6 is 15.9 Å². The van der Waals surface area contributed by atoms with Gasteiger partial charge in [0, 0.05) is 17.8 Å². The van der Waals surface area contributed by atoms with Crippen LogP contribution in [0.25, 0.3) is 5.65 Å². The minimum absolute atomic E-state index is 0.00900. The van der Waals surface area contributed by atoms with Crippen molar-refractivity contribution in [3.05, 3.63) is 80.2 Å². The number of rotatable bonds is 6. The summed E-state index contributed by atoms with van der Waals surface area (Å²) in [6.45, 7) is 1.38. The Morgan fingerprint density at radius 2 is 1.86 bits per heavy atom. The zero-order chi connectivity index (χ0) is 26.2. The number of aryl methyl sites for hydroxylation is 1. The third-order valence-electron chi connectivity index (χ3n) is 4.82. The third kappa shape index (κ3) is 4.93. The number of benzene rings is 2. The number of anilines is 1. The number of halogens is 4. The van der Waals surface area contributed by atoms with Crippen molar-refractivity contribution in [2.24, 2.45) is 0 Å². The Hall–Kier alpha value is -4.20. The normalized spacial score (nSPS) is 11.4. The summed E-state index contributed by atoms with van der Waals surface area (Å²) in [6, 6.07) is 10.9. The maximum atomic E-state index is 13.5. The second-order valence-electron chi connectivity index (χ2n) is 7.36. The van der Waals surface area contributed by atoms with Crippen LogP contribution in [0, 0.1) is 17.0 Å². The third-order valence-corrected chi connectivity index (χ3v) is 5.55. The van der Waals surface area contributed by atoms with E-state index in [0.717, 1.165) is 18.2 Å². The lowest BCUT2D eigenvalue weighted by Gasteiger charge is -2.11. The molecule has 2 aromatic carbocycles. The number of carbonyl (C=O) groups is 1. The molecule has 2 aromatic heterocycles. The van der Waals surface area contributed by atoms with Gasteiger partial charge in [0.25, 0.3) is 11.6 Å². The Morgan fingerprint density at radius 3 is 2.50 bits per heavy atom. The number of methoxy groups -OCH3 is 1. The number of nitro benzene ring substituents is 1. The number of para-hydroxylation sites is 2. The van der Waals surface area contributed by atoms with E-state index in [1.807, 2.05) is 0 Å². The first-order chi connectivity index (χ1) is 17.0. The number of amides is 1. The molecule has 0 radical (unpaired) electrons. The number of nitro groups is 1. The van der Waals surface area contributed by atoms with Gasteiger partial charge in [-0.1, -0.05) is 12.1 Å². The lowest BCUT2D eigenvalue weighted by atomic mass is 10.2. The number of aromatic nitrogens is 3. The number of ether oxygens (including phenoxy) is 2. The summed E-state index contributed by atoms with van der Waals surface area (Å²) < 4.78 is 51.8. The highest BCUT2D eigenvalue weighted by Crippen LogP contribution is 2.35. The molecule has 0 saturated carbocycles. The van der Waals surface area contributed by atoms with Crippen molar-refractivity contribution >= 4 is 38.9 Å². The van der Waals surface area contributed by atoms with Gasteiger partial charge in [-0.25, -0.2) is 9.50 Å². The van der Waals surface area contributed by atoms with Crippen molar-refractivity contribution in [1.82, 2.24) is 14.6 Å². The molecular formula is C22H15BrF3N5O5. The maximum absolute atomic E-state index is 13.5. The van der Waals surface area contributed by atoms with Crippen LogP contribution in [-0.2, 0) is 6.18 Å². The molecule has 0 aliphatic carbocycles. The van der Waals surface area contributed by atoms with Crippen molar-refractivity contribution in [1.29, 1.82) is 0 Å². The predicted octanol–water partition coefficient (Wildman–Crippen LogP) is 5.78. The molecule has 10 nitrogen and oxygen atoms in total. The number of non-ortho nitro benzene ring substituents is 1. The van der Waals surface area contributed by atoms with Gasteiger partial charge in [-0.2, -0.15) is 18.3 Å². The van der Waals surface area contributed by atoms with Crippen LogP contribution in [0.15, 0.2) is 53.0 Å². The molecule has 0 aliphatic heterocycles. The quantitative estimate of drug-likeness (QED) is 0.232. The number of alkyl halides is 3. The zero-order valence-electron chi connectivity index (χ0n) is 18.5. The highest BCUT2D eigenvalue weighted by molar-refractivity contribution is 9.10. The van der Waals surface area contributed by atoms with Crippen LogP contribution in [-0.4, -0.2) is 32.5 Å². The fourth-order valence-electron chi connectivity index (χ4n) is 3.30. The molecule has 1 amide bonds. The monoisotopic (exact) mass is 565 g/mol. The number of hydrogen-bond donors (Lipinski definition) is 1. The molecule has 0 bridgehead atoms. The SMILES string of the molecule is COc1ccccc1Oc1cc(NC(=O)c2nn3c(C(F)(F)F)cc(C)nc3c2Br)cc([N+](=O)[O-])c1. The average Bonchev–Trinajstić information content (AvgIpc) is 3.14. The topological polar surface area (TPSA) is 121 Å². The number of nitrogens with one attached hydrogen (secondary N) is 1. The van der Waals surface area contributed by atoms with Crippen LogP contribution in [0.4, 0.5) is 24.5 Å². The van der Waals surface area contributed by atoms with Gasteiger partial charge in [-0.05, 0) is 41.1 Å². The molecule has 1 N–H and O–H groups in total. The summed E-state index contributed by atoms with van der Waals surface area (Å²) in [6.07, 6.45) is -4.75. The van der Waals surface area contributed by atoms with Crippen molar-refractivity contribution in [3.8, 4) is 17.2 Å². The standard InChI is InChI=1S/C22H15BrF3N5O5/c1-11-7-17(22(24,25)26)30-20(27-11)18(23)19(29-30)21(32)28-12-8-13(31(33)34)10-14(9-12)36-16-6-4-3-5-15(16)35-2/h3-10H,1-2H3,(H,28,32). The second kappa shape index (κ2) is 9.45. The first-order valence-corrected chi connectivity index (χ1v) is 10.8.